The lowest BCUT2D eigenvalue weighted by molar-refractivity contribution is 0.0602. The summed E-state index contributed by atoms with van der Waals surface area (Å²) < 4.78 is 4.95. The molecule has 3 aromatic rings. The first-order chi connectivity index (χ1) is 11.8. The van der Waals surface area contributed by atoms with Gasteiger partial charge in [-0.25, -0.2) is 4.79 Å². The number of methoxy groups -OCH3 is 1. The summed E-state index contributed by atoms with van der Waals surface area (Å²) in [5.41, 5.74) is 3.38. The minimum atomic E-state index is -0.424. The second-order valence-corrected chi connectivity index (χ2v) is 4.71. The highest BCUT2D eigenvalue weighted by Gasteiger charge is 2.21. The molecule has 4 heteroatoms. The van der Waals surface area contributed by atoms with E-state index in [0.717, 1.165) is 11.1 Å². The molecule has 1 heterocycles. The van der Waals surface area contributed by atoms with E-state index >= 15 is 0 Å². The van der Waals surface area contributed by atoms with Crippen LogP contribution in [0.3, 0.4) is 0 Å². The summed E-state index contributed by atoms with van der Waals surface area (Å²) in [6.45, 7) is 4.00. The molecule has 0 saturated carbocycles. The van der Waals surface area contributed by atoms with Crippen LogP contribution in [0.5, 0.6) is 0 Å². The van der Waals surface area contributed by atoms with Gasteiger partial charge in [-0.05, 0) is 5.56 Å². The smallest absolute Gasteiger partial charge is 0.340 e. The number of esters is 1. The quantitative estimate of drug-likeness (QED) is 0.661. The van der Waals surface area contributed by atoms with Gasteiger partial charge >= 0.3 is 5.97 Å². The van der Waals surface area contributed by atoms with E-state index in [9.17, 15) is 4.79 Å². The van der Waals surface area contributed by atoms with Crippen molar-refractivity contribution in [3.05, 3.63) is 72.4 Å². The van der Waals surface area contributed by atoms with Crippen LogP contribution in [0, 0.1) is 0 Å². The summed E-state index contributed by atoms with van der Waals surface area (Å²) in [6.07, 6.45) is 1.59. The van der Waals surface area contributed by atoms with Crippen molar-refractivity contribution in [3.63, 3.8) is 0 Å². The predicted molar refractivity (Wildman–Crippen MR) is 95.6 cm³/mol. The fourth-order valence-electron chi connectivity index (χ4n) is 2.33. The van der Waals surface area contributed by atoms with Crippen molar-refractivity contribution in [2.24, 2.45) is 0 Å². The molecule has 3 rings (SSSR count). The number of ether oxygens (including phenoxy) is 1. The highest BCUT2D eigenvalue weighted by atomic mass is 16.5. The minimum absolute atomic E-state index is 0.424. The lowest BCUT2D eigenvalue weighted by Gasteiger charge is -2.11. The molecule has 0 unspecified atom stereocenters. The fourth-order valence-corrected chi connectivity index (χ4v) is 2.33. The number of hydrogen-bond donors (Lipinski definition) is 0. The monoisotopic (exact) mass is 320 g/mol. The third kappa shape index (κ3) is 3.66. The van der Waals surface area contributed by atoms with Gasteiger partial charge in [-0.1, -0.05) is 74.5 Å². The summed E-state index contributed by atoms with van der Waals surface area (Å²) in [4.78, 5) is 12.3. The lowest BCUT2D eigenvalue weighted by atomic mass is 9.97. The molecular weight excluding hydrogens is 300 g/mol. The van der Waals surface area contributed by atoms with E-state index in [1.165, 1.54) is 7.11 Å². The molecule has 0 radical (unpaired) electrons. The van der Waals surface area contributed by atoms with Crippen LogP contribution in [0.1, 0.15) is 24.2 Å². The van der Waals surface area contributed by atoms with Crippen LogP contribution in [-0.2, 0) is 4.74 Å². The molecule has 0 spiro atoms. The average Bonchev–Trinajstić information content (AvgIpc) is 2.69. The van der Waals surface area contributed by atoms with E-state index in [2.05, 4.69) is 10.2 Å². The zero-order chi connectivity index (χ0) is 17.4. The fraction of sp³-hybridized carbons (Fsp3) is 0.150. The Labute approximate surface area is 142 Å². The molecule has 0 aliphatic heterocycles. The Morgan fingerprint density at radius 2 is 1.42 bits per heavy atom. The van der Waals surface area contributed by atoms with E-state index in [1.807, 2.05) is 74.5 Å². The normalized spacial score (nSPS) is 9.62. The van der Waals surface area contributed by atoms with E-state index in [1.54, 1.807) is 6.20 Å². The number of hydrogen-bond acceptors (Lipinski definition) is 4. The van der Waals surface area contributed by atoms with E-state index < -0.39 is 5.97 Å². The third-order valence-corrected chi connectivity index (χ3v) is 3.37. The minimum Gasteiger partial charge on any atom is -0.465 e. The molecule has 122 valence electrons. The summed E-state index contributed by atoms with van der Waals surface area (Å²) >= 11 is 0. The maximum absolute atomic E-state index is 12.3. The largest absolute Gasteiger partial charge is 0.465 e. The van der Waals surface area contributed by atoms with Crippen LogP contribution < -0.4 is 0 Å². The number of benzene rings is 2. The van der Waals surface area contributed by atoms with Gasteiger partial charge in [0.2, 0.25) is 0 Å². The summed E-state index contributed by atoms with van der Waals surface area (Å²) in [6, 6.07) is 19.1. The number of carbonyl (C=O) groups excluding carboxylic acids is 1. The summed E-state index contributed by atoms with van der Waals surface area (Å²) in [7, 11) is 1.37. The molecule has 0 aliphatic rings. The number of rotatable bonds is 3. The number of aromatic nitrogens is 2. The van der Waals surface area contributed by atoms with Crippen LogP contribution in [0.4, 0.5) is 0 Å². The maximum atomic E-state index is 12.3. The second kappa shape index (κ2) is 8.58. The molecule has 4 nitrogen and oxygen atoms in total. The molecule has 1 aromatic heterocycles. The Hall–Kier alpha value is -3.01. The van der Waals surface area contributed by atoms with Crippen molar-refractivity contribution in [1.82, 2.24) is 10.2 Å². The molecule has 0 N–H and O–H groups in total. The summed E-state index contributed by atoms with van der Waals surface area (Å²) in [5, 5.41) is 8.21. The van der Waals surface area contributed by atoms with Gasteiger partial charge in [-0.2, -0.15) is 5.10 Å². The van der Waals surface area contributed by atoms with Crippen molar-refractivity contribution < 1.29 is 9.53 Å². The first kappa shape index (κ1) is 17.3. The van der Waals surface area contributed by atoms with Gasteiger partial charge in [0.1, 0.15) is 5.69 Å². The molecule has 0 fully saturated rings. The Bertz CT molecular complexity index is 729. The first-order valence-electron chi connectivity index (χ1n) is 7.86. The Balaban J connectivity index is 0.00000100. The third-order valence-electron chi connectivity index (χ3n) is 3.37. The Morgan fingerprint density at radius 1 is 0.875 bits per heavy atom. The van der Waals surface area contributed by atoms with E-state index in [-0.39, 0.29) is 0 Å². The standard InChI is InChI=1S/C18H14N2O2.C2H6/c1-22-18(21)16-15(13-8-4-2-5-9-13)12-19-20-17(16)14-10-6-3-7-11-14;1-2/h2-12H,1H3;1-2H3. The van der Waals surface area contributed by atoms with Crippen LogP contribution in [-0.4, -0.2) is 23.3 Å². The topological polar surface area (TPSA) is 52.1 Å². The zero-order valence-electron chi connectivity index (χ0n) is 14.1. The predicted octanol–water partition coefficient (Wildman–Crippen LogP) is 4.62. The van der Waals surface area contributed by atoms with Crippen LogP contribution >= 0.6 is 0 Å². The number of nitrogens with zero attached hydrogens (tertiary/aromatic N) is 2. The van der Waals surface area contributed by atoms with Crippen LogP contribution in [0.25, 0.3) is 22.4 Å². The maximum Gasteiger partial charge on any atom is 0.340 e. The van der Waals surface area contributed by atoms with Crippen molar-refractivity contribution in [3.8, 4) is 22.4 Å². The van der Waals surface area contributed by atoms with Gasteiger partial charge < -0.3 is 4.74 Å². The van der Waals surface area contributed by atoms with Gasteiger partial charge in [0.25, 0.3) is 0 Å². The van der Waals surface area contributed by atoms with E-state index in [4.69, 9.17) is 4.74 Å². The average molecular weight is 320 g/mol. The van der Waals surface area contributed by atoms with Gasteiger partial charge in [0.15, 0.2) is 0 Å². The lowest BCUT2D eigenvalue weighted by Crippen LogP contribution is -2.08. The highest BCUT2D eigenvalue weighted by Crippen LogP contribution is 2.30. The molecule has 0 bridgehead atoms. The van der Waals surface area contributed by atoms with Crippen molar-refractivity contribution in [2.75, 3.05) is 7.11 Å². The van der Waals surface area contributed by atoms with Gasteiger partial charge in [-0.3, -0.25) is 0 Å². The molecule has 0 aliphatic carbocycles. The van der Waals surface area contributed by atoms with Gasteiger partial charge in [-0.15, -0.1) is 5.10 Å². The van der Waals surface area contributed by atoms with Crippen LogP contribution in [0.2, 0.25) is 0 Å². The first-order valence-corrected chi connectivity index (χ1v) is 7.86. The molecule has 0 amide bonds. The molecule has 0 atom stereocenters. The van der Waals surface area contributed by atoms with Gasteiger partial charge in [0, 0.05) is 11.1 Å². The summed E-state index contributed by atoms with van der Waals surface area (Å²) in [5.74, 6) is -0.424. The number of carbonyl (C=O) groups is 1. The molecule has 0 saturated heterocycles. The van der Waals surface area contributed by atoms with Crippen molar-refractivity contribution >= 4 is 5.97 Å². The second-order valence-electron chi connectivity index (χ2n) is 4.71. The van der Waals surface area contributed by atoms with E-state index in [0.29, 0.717) is 16.8 Å². The Morgan fingerprint density at radius 3 is 1.96 bits per heavy atom. The SMILES string of the molecule is CC.COC(=O)c1c(-c2ccccc2)cnnc1-c1ccccc1. The molecule has 24 heavy (non-hydrogen) atoms. The Kier molecular flexibility index (Phi) is 6.20. The zero-order valence-corrected chi connectivity index (χ0v) is 14.1. The van der Waals surface area contributed by atoms with Crippen molar-refractivity contribution in [1.29, 1.82) is 0 Å². The van der Waals surface area contributed by atoms with Gasteiger partial charge in [0.05, 0.1) is 18.9 Å². The molecule has 2 aromatic carbocycles. The van der Waals surface area contributed by atoms with Crippen molar-refractivity contribution in [2.45, 2.75) is 13.8 Å². The van der Waals surface area contributed by atoms with Crippen LogP contribution in [0.15, 0.2) is 66.9 Å². The molecular formula is C20H20N2O2. The highest BCUT2D eigenvalue weighted by molar-refractivity contribution is 6.02.